The number of aliphatic carboxylic acids is 1. The van der Waals surface area contributed by atoms with Gasteiger partial charge in [-0.15, -0.1) is 0 Å². The number of carbonyl (C=O) groups excluding carboxylic acids is 12. The summed E-state index contributed by atoms with van der Waals surface area (Å²) in [5.41, 5.74) is 6.60. The van der Waals surface area contributed by atoms with Crippen molar-refractivity contribution < 1.29 is 77.6 Å². The fraction of sp³-hybridized carbons (Fsp3) is 0.537. The van der Waals surface area contributed by atoms with Crippen LogP contribution in [0.1, 0.15) is 66.0 Å². The fourth-order valence-corrected chi connectivity index (χ4v) is 8.60. The third-order valence-corrected chi connectivity index (χ3v) is 14.2. The molecule has 0 heterocycles. The van der Waals surface area contributed by atoms with E-state index in [1.807, 2.05) is 0 Å². The summed E-state index contributed by atoms with van der Waals surface area (Å²) in [6.45, 7) is 9.29. The lowest BCUT2D eigenvalue weighted by Crippen LogP contribution is -2.61. The highest BCUT2D eigenvalue weighted by molar-refractivity contribution is 7.80. The van der Waals surface area contributed by atoms with Crippen LogP contribution in [0.3, 0.4) is 0 Å². The van der Waals surface area contributed by atoms with Crippen molar-refractivity contribution in [3.05, 3.63) is 59.7 Å². The molecule has 17 N–H and O–H groups in total. The summed E-state index contributed by atoms with van der Waals surface area (Å²) in [6, 6.07) is -2.87. The monoisotopic (exact) mass is 1300 g/mol. The first kappa shape index (κ1) is 75.6. The molecule has 2 aromatic carbocycles. The second kappa shape index (κ2) is 37.9. The minimum absolute atomic E-state index is 0.0104. The summed E-state index contributed by atoms with van der Waals surface area (Å²) in [7, 11) is 0. The van der Waals surface area contributed by atoms with E-state index in [9.17, 15) is 77.6 Å². The van der Waals surface area contributed by atoms with Gasteiger partial charge in [-0.05, 0) is 74.4 Å². The Labute approximate surface area is 525 Å². The molecular weight excluding hydrogens is 1210 g/mol. The Morgan fingerprint density at radius 2 is 0.759 bits per heavy atom. The molecule has 0 aromatic heterocycles. The van der Waals surface area contributed by atoms with Crippen LogP contribution in [0.15, 0.2) is 48.5 Å². The van der Waals surface area contributed by atoms with Gasteiger partial charge in [-0.25, -0.2) is 4.79 Å². The van der Waals surface area contributed by atoms with Gasteiger partial charge in [0.25, 0.3) is 0 Å². The number of phenolic OH excluding ortho intramolecular Hbond substituents is 2. The van der Waals surface area contributed by atoms with Crippen LogP contribution in [0.5, 0.6) is 11.5 Å². The lowest BCUT2D eigenvalue weighted by Gasteiger charge is -2.27. The van der Waals surface area contributed by atoms with E-state index >= 15 is 0 Å². The fourth-order valence-electron chi connectivity index (χ4n) is 7.68. The number of nitrogens with two attached hydrogens (primary N) is 1. The smallest absolute Gasteiger partial charge is 0.327 e. The highest BCUT2D eigenvalue weighted by Crippen LogP contribution is 2.14. The highest BCUT2D eigenvalue weighted by Gasteiger charge is 2.35. The van der Waals surface area contributed by atoms with Crippen LogP contribution in [0.4, 0.5) is 0 Å². The first-order chi connectivity index (χ1) is 40.8. The molecule has 29 nitrogen and oxygen atoms in total. The Hall–Kier alpha value is -7.49. The standard InChI is InChI=1S/C54H81N13O16S4/c1-25(2)16-35(49(77)65-38(22-85)51(79)64-36(17-30-8-12-32(68)13-9-30)48(76)57-20-42(71)62-40(24-87)54(82)83)61-41(70)19-56-44(72)27(5)60-53(81)43(26(3)4)67-52(80)39(23-86)66-50(78)37(18-31-10-14-33(69)15-11-31)63-46(74)29(7)58-45(73)28(6)59-47(75)34(55)21-84/h8-15,25-29,34-40,43,68-69,84-87H,16-24,55H2,1-7H3,(H,56,72)(H,57,76)(H,58,73)(H,59,75)(H,60,81)(H,61,70)(H,62,71)(H,63,74)(H,64,79)(H,65,77)(H,66,78)(H,67,80)(H,82,83)/t27-,28-,29-,34-,35-,36-,37-,38-,39-,40-,43-/m0/s1. The number of carboxylic acid groups (broad SMARTS) is 1. The van der Waals surface area contributed by atoms with E-state index in [1.54, 1.807) is 27.7 Å². The molecule has 11 atom stereocenters. The summed E-state index contributed by atoms with van der Waals surface area (Å²) in [6.07, 6.45) is -0.297. The number of hydrogen-bond donors (Lipinski definition) is 20. The molecule has 0 fully saturated rings. The third-order valence-electron chi connectivity index (χ3n) is 12.7. The van der Waals surface area contributed by atoms with Crippen molar-refractivity contribution >= 4 is 127 Å². The molecule has 2 aromatic rings. The maximum atomic E-state index is 13.9. The van der Waals surface area contributed by atoms with Crippen molar-refractivity contribution in [3.8, 4) is 11.5 Å². The summed E-state index contributed by atoms with van der Waals surface area (Å²) in [5, 5.41) is 58.3. The number of carbonyl (C=O) groups is 13. The van der Waals surface area contributed by atoms with Crippen LogP contribution in [0.2, 0.25) is 0 Å². The predicted molar refractivity (Wildman–Crippen MR) is 331 cm³/mol. The normalized spacial score (nSPS) is 14.8. The first-order valence-corrected chi connectivity index (χ1v) is 29.9. The zero-order chi connectivity index (χ0) is 65.8. The predicted octanol–water partition coefficient (Wildman–Crippen LogP) is -4.14. The third kappa shape index (κ3) is 27.0. The van der Waals surface area contributed by atoms with Crippen molar-refractivity contribution in [2.75, 3.05) is 36.1 Å². The number of carboxylic acids is 1. The molecule has 33 heteroatoms. The SMILES string of the molecule is CC(C)C[C@H](NC(=O)CNC(=O)[C@H](C)NC(=O)[C@@H](NC(=O)[C@H](CS)NC(=O)[C@H](Cc1ccc(O)cc1)NC(=O)[C@H](C)NC(=O)[C@H](C)NC(=O)[C@@H](N)CS)C(C)C)C(=O)N[C@@H](CS)C(=O)N[C@@H](Cc1ccc(O)cc1)C(=O)NCC(=O)N[C@@H](CS)C(=O)O. The van der Waals surface area contributed by atoms with Crippen LogP contribution in [0, 0.1) is 11.8 Å². The average Bonchev–Trinajstić information content (AvgIpc) is 3.64. The molecule has 482 valence electrons. The summed E-state index contributed by atoms with van der Waals surface area (Å²) >= 11 is 16.3. The number of nitrogens with one attached hydrogen (secondary N) is 12. The van der Waals surface area contributed by atoms with Gasteiger partial charge in [0.15, 0.2) is 0 Å². The van der Waals surface area contributed by atoms with Crippen molar-refractivity contribution in [2.24, 2.45) is 17.6 Å². The molecule has 0 radical (unpaired) electrons. The van der Waals surface area contributed by atoms with Gasteiger partial charge in [0, 0.05) is 35.9 Å². The Morgan fingerprint density at radius 3 is 1.20 bits per heavy atom. The Morgan fingerprint density at radius 1 is 0.402 bits per heavy atom. The van der Waals surface area contributed by atoms with Gasteiger partial charge in [-0.3, -0.25) is 57.5 Å². The largest absolute Gasteiger partial charge is 0.508 e. The lowest BCUT2D eigenvalue weighted by molar-refractivity contribution is -0.141. The Kier molecular flexibility index (Phi) is 33.0. The first-order valence-electron chi connectivity index (χ1n) is 27.4. The minimum Gasteiger partial charge on any atom is -0.508 e. The van der Waals surface area contributed by atoms with E-state index in [-0.39, 0.29) is 59.7 Å². The molecule has 0 saturated carbocycles. The zero-order valence-electron chi connectivity index (χ0n) is 49.0. The van der Waals surface area contributed by atoms with E-state index < -0.39 is 162 Å². The van der Waals surface area contributed by atoms with Gasteiger partial charge in [-0.1, -0.05) is 52.0 Å². The zero-order valence-corrected chi connectivity index (χ0v) is 52.6. The van der Waals surface area contributed by atoms with Crippen LogP contribution < -0.4 is 69.5 Å². The van der Waals surface area contributed by atoms with E-state index in [0.29, 0.717) is 11.1 Å². The Bertz CT molecular complexity index is 2730. The van der Waals surface area contributed by atoms with Gasteiger partial charge >= 0.3 is 5.97 Å². The second-order valence-electron chi connectivity index (χ2n) is 20.9. The molecule has 0 aliphatic carbocycles. The van der Waals surface area contributed by atoms with E-state index in [0.717, 1.165) is 0 Å². The molecule has 12 amide bonds. The number of amides is 12. The van der Waals surface area contributed by atoms with Gasteiger partial charge in [0.1, 0.15) is 71.9 Å². The van der Waals surface area contributed by atoms with Crippen LogP contribution in [0.25, 0.3) is 0 Å². The molecule has 0 aliphatic heterocycles. The average molecular weight is 1300 g/mol. The maximum absolute atomic E-state index is 13.9. The van der Waals surface area contributed by atoms with E-state index in [2.05, 4.69) is 114 Å². The molecule has 0 bridgehead atoms. The Balaban J connectivity index is 2.13. The van der Waals surface area contributed by atoms with Gasteiger partial charge < -0.3 is 84.9 Å². The second-order valence-corrected chi connectivity index (χ2v) is 22.3. The number of aromatic hydroxyl groups is 2. The molecule has 0 unspecified atom stereocenters. The maximum Gasteiger partial charge on any atom is 0.327 e. The number of thiol groups is 4. The lowest BCUT2D eigenvalue weighted by atomic mass is 10.0. The van der Waals surface area contributed by atoms with Crippen LogP contribution >= 0.6 is 50.5 Å². The topological polar surface area (TPSA) is 453 Å². The number of phenols is 2. The van der Waals surface area contributed by atoms with Crippen molar-refractivity contribution in [1.29, 1.82) is 0 Å². The van der Waals surface area contributed by atoms with Crippen molar-refractivity contribution in [1.82, 2.24) is 63.8 Å². The number of hydrogen-bond acceptors (Lipinski definition) is 20. The van der Waals surface area contributed by atoms with Crippen LogP contribution in [-0.4, -0.2) is 195 Å². The minimum atomic E-state index is -1.41. The van der Waals surface area contributed by atoms with Crippen molar-refractivity contribution in [2.45, 2.75) is 134 Å². The van der Waals surface area contributed by atoms with Gasteiger partial charge in [0.2, 0.25) is 70.9 Å². The van der Waals surface area contributed by atoms with E-state index in [1.165, 1.54) is 69.3 Å². The molecule has 2 rings (SSSR count). The summed E-state index contributed by atoms with van der Waals surface area (Å²) in [5.74, 6) is -13.2. The van der Waals surface area contributed by atoms with E-state index in [4.69, 9.17) is 5.73 Å². The number of benzene rings is 2. The van der Waals surface area contributed by atoms with Crippen molar-refractivity contribution in [3.63, 3.8) is 0 Å². The quantitative estimate of drug-likeness (QED) is 0.0288. The molecular formula is C54H81N13O16S4. The number of rotatable bonds is 36. The molecule has 87 heavy (non-hydrogen) atoms. The summed E-state index contributed by atoms with van der Waals surface area (Å²) < 4.78 is 0. The van der Waals surface area contributed by atoms with Gasteiger partial charge in [0.05, 0.1) is 19.1 Å². The van der Waals surface area contributed by atoms with Gasteiger partial charge in [-0.2, -0.15) is 50.5 Å². The molecule has 0 spiro atoms. The molecule has 0 saturated heterocycles. The van der Waals surface area contributed by atoms with Crippen LogP contribution in [-0.2, 0) is 75.2 Å². The molecule has 0 aliphatic rings. The summed E-state index contributed by atoms with van der Waals surface area (Å²) in [4.78, 5) is 171. The highest BCUT2D eigenvalue weighted by atomic mass is 32.1.